The first-order valence-corrected chi connectivity index (χ1v) is 2.21. The topological polar surface area (TPSA) is 30.0 Å². The molecule has 1 nitrogen and oxygen atoms in total. The predicted octanol–water partition coefficient (Wildman–Crippen LogP) is -1.16. The van der Waals surface area contributed by atoms with Gasteiger partial charge in [-0.25, -0.2) is 0 Å². The number of unbranched alkanes of at least 4 members (excludes halogenated alkanes) is 2. The van der Waals surface area contributed by atoms with E-state index in [0.717, 1.165) is 6.42 Å². The van der Waals surface area contributed by atoms with Gasteiger partial charge >= 0.3 is 29.6 Å². The third-order valence-electron chi connectivity index (χ3n) is 0.604. The summed E-state index contributed by atoms with van der Waals surface area (Å²) in [7, 11) is 0. The smallest absolute Gasteiger partial charge is 0.870 e. The van der Waals surface area contributed by atoms with Crippen molar-refractivity contribution in [2.45, 2.75) is 26.2 Å². The third kappa shape index (κ3) is 19.5. The van der Waals surface area contributed by atoms with Crippen molar-refractivity contribution in [3.05, 3.63) is 6.92 Å². The summed E-state index contributed by atoms with van der Waals surface area (Å²) in [4.78, 5) is 0. The Balaban J connectivity index is -0.0000000800. The van der Waals surface area contributed by atoms with E-state index < -0.39 is 0 Å². The Morgan fingerprint density at radius 2 is 1.86 bits per heavy atom. The molecule has 0 rings (SSSR count). The normalized spacial score (nSPS) is 6.00. The summed E-state index contributed by atoms with van der Waals surface area (Å²) in [5.41, 5.74) is 0. The zero-order valence-electron chi connectivity index (χ0n) is 5.28. The first-order chi connectivity index (χ1) is 2.41. The zero-order valence-corrected chi connectivity index (χ0v) is 7.28. The monoisotopic (exact) mass is 111 g/mol. The van der Waals surface area contributed by atoms with Crippen LogP contribution in [-0.4, -0.2) is 5.48 Å². The fraction of sp³-hybridized carbons (Fsp3) is 0.800. The molecule has 0 heterocycles. The van der Waals surface area contributed by atoms with Crippen molar-refractivity contribution in [3.63, 3.8) is 0 Å². The summed E-state index contributed by atoms with van der Waals surface area (Å²) in [5, 5.41) is 0. The van der Waals surface area contributed by atoms with E-state index >= 15 is 0 Å². The van der Waals surface area contributed by atoms with E-state index in [-0.39, 0.29) is 35.0 Å². The van der Waals surface area contributed by atoms with E-state index in [1.807, 2.05) is 0 Å². The van der Waals surface area contributed by atoms with Gasteiger partial charge in [-0.2, -0.15) is 0 Å². The maximum Gasteiger partial charge on any atom is 1.00 e. The van der Waals surface area contributed by atoms with Crippen molar-refractivity contribution in [3.8, 4) is 0 Å². The maximum absolute atomic E-state index is 3.68. The molecule has 0 aromatic carbocycles. The van der Waals surface area contributed by atoms with Crippen LogP contribution >= 0.6 is 0 Å². The molecule has 0 atom stereocenters. The van der Waals surface area contributed by atoms with Crippen LogP contribution in [0.25, 0.3) is 0 Å². The summed E-state index contributed by atoms with van der Waals surface area (Å²) < 4.78 is 0. The fourth-order valence-corrected chi connectivity index (χ4v) is 0.250. The van der Waals surface area contributed by atoms with E-state index in [9.17, 15) is 0 Å². The zero-order chi connectivity index (χ0) is 4.12. The Hall–Kier alpha value is 0.960. The van der Waals surface area contributed by atoms with Crippen LogP contribution in [0.3, 0.4) is 0 Å². The molecule has 0 saturated heterocycles. The Morgan fingerprint density at radius 1 is 1.43 bits per heavy atom. The SMILES string of the molecule is [CH2]CCCC.[Na+].[OH-]. The van der Waals surface area contributed by atoms with Crippen LogP contribution in [-0.2, 0) is 0 Å². The summed E-state index contributed by atoms with van der Waals surface area (Å²) in [6.45, 7) is 5.85. The van der Waals surface area contributed by atoms with E-state index in [2.05, 4.69) is 13.8 Å². The molecule has 0 saturated carbocycles. The van der Waals surface area contributed by atoms with Gasteiger partial charge in [0.25, 0.3) is 0 Å². The molecule has 0 aliphatic rings. The molecular weight excluding hydrogens is 99.0 g/mol. The minimum absolute atomic E-state index is 0. The molecule has 0 spiro atoms. The van der Waals surface area contributed by atoms with Gasteiger partial charge in [0.05, 0.1) is 0 Å². The molecule has 39 valence electrons. The first-order valence-electron chi connectivity index (χ1n) is 2.21. The van der Waals surface area contributed by atoms with E-state index in [1.165, 1.54) is 12.8 Å². The Labute approximate surface area is 68.1 Å². The molecule has 0 aliphatic heterocycles. The quantitative estimate of drug-likeness (QED) is 0.413. The van der Waals surface area contributed by atoms with Crippen molar-refractivity contribution in [2.75, 3.05) is 0 Å². The summed E-state index contributed by atoms with van der Waals surface area (Å²) in [6.07, 6.45) is 3.65. The molecule has 1 radical (unpaired) electrons. The largest absolute Gasteiger partial charge is 1.00 e. The minimum atomic E-state index is 0. The van der Waals surface area contributed by atoms with Gasteiger partial charge < -0.3 is 5.48 Å². The van der Waals surface area contributed by atoms with Crippen LogP contribution in [0.5, 0.6) is 0 Å². The molecule has 0 fully saturated rings. The molecule has 0 bridgehead atoms. The molecule has 0 aromatic rings. The predicted molar refractivity (Wildman–Crippen MR) is 26.8 cm³/mol. The van der Waals surface area contributed by atoms with Crippen LogP contribution in [0.1, 0.15) is 26.2 Å². The van der Waals surface area contributed by atoms with Crippen molar-refractivity contribution in [1.29, 1.82) is 0 Å². The van der Waals surface area contributed by atoms with Gasteiger partial charge in [0, 0.05) is 0 Å². The van der Waals surface area contributed by atoms with E-state index in [4.69, 9.17) is 0 Å². The van der Waals surface area contributed by atoms with E-state index in [0.29, 0.717) is 0 Å². The molecule has 0 unspecified atom stereocenters. The molecule has 0 aromatic heterocycles. The molecule has 0 aliphatic carbocycles. The Kier molecular flexibility index (Phi) is 35.3. The van der Waals surface area contributed by atoms with Crippen molar-refractivity contribution < 1.29 is 35.0 Å². The minimum Gasteiger partial charge on any atom is -0.870 e. The second-order valence-corrected chi connectivity index (χ2v) is 1.21. The standard InChI is InChI=1S/C5H11.Na.H2O/c1-3-5-4-2;;/h1,3-5H2,2H3;;1H2/q;+1;/p-1. The number of rotatable bonds is 2. The van der Waals surface area contributed by atoms with Gasteiger partial charge in [-0.1, -0.05) is 33.1 Å². The van der Waals surface area contributed by atoms with Crippen LogP contribution in [0.15, 0.2) is 0 Å². The van der Waals surface area contributed by atoms with Gasteiger partial charge in [0.2, 0.25) is 0 Å². The van der Waals surface area contributed by atoms with Gasteiger partial charge in [-0.3, -0.25) is 0 Å². The van der Waals surface area contributed by atoms with E-state index in [1.54, 1.807) is 0 Å². The van der Waals surface area contributed by atoms with Gasteiger partial charge in [-0.15, -0.1) is 0 Å². The first kappa shape index (κ1) is 15.7. The molecule has 0 amide bonds. The summed E-state index contributed by atoms with van der Waals surface area (Å²) >= 11 is 0. The van der Waals surface area contributed by atoms with Gasteiger partial charge in [0.15, 0.2) is 0 Å². The van der Waals surface area contributed by atoms with Crippen molar-refractivity contribution in [1.82, 2.24) is 0 Å². The summed E-state index contributed by atoms with van der Waals surface area (Å²) in [5.74, 6) is 0. The second kappa shape index (κ2) is 15.8. The Bertz CT molecular complexity index is 15.6. The molecular formula is C5H12NaO. The average Bonchev–Trinajstić information content (AvgIpc) is 1.41. The molecule has 1 N–H and O–H groups in total. The average molecular weight is 111 g/mol. The second-order valence-electron chi connectivity index (χ2n) is 1.21. The van der Waals surface area contributed by atoms with Gasteiger partial charge in [0.1, 0.15) is 0 Å². The van der Waals surface area contributed by atoms with Crippen LogP contribution in [0, 0.1) is 6.92 Å². The molecule has 7 heavy (non-hydrogen) atoms. The number of hydrogen-bond acceptors (Lipinski definition) is 1. The van der Waals surface area contributed by atoms with Crippen LogP contribution < -0.4 is 29.6 Å². The van der Waals surface area contributed by atoms with Crippen LogP contribution in [0.4, 0.5) is 0 Å². The Morgan fingerprint density at radius 3 is 1.86 bits per heavy atom. The maximum atomic E-state index is 3.68. The third-order valence-corrected chi connectivity index (χ3v) is 0.604. The van der Waals surface area contributed by atoms with Crippen molar-refractivity contribution >= 4 is 0 Å². The summed E-state index contributed by atoms with van der Waals surface area (Å²) in [6, 6.07) is 0. The van der Waals surface area contributed by atoms with Crippen molar-refractivity contribution in [2.24, 2.45) is 0 Å². The molecule has 2 heteroatoms. The fourth-order valence-electron chi connectivity index (χ4n) is 0.250. The van der Waals surface area contributed by atoms with Crippen LogP contribution in [0.2, 0.25) is 0 Å². The number of hydrogen-bond donors (Lipinski definition) is 0. The van der Waals surface area contributed by atoms with Gasteiger partial charge in [-0.05, 0) is 0 Å².